The van der Waals surface area contributed by atoms with Crippen LogP contribution in [0.15, 0.2) is 0 Å². The van der Waals surface area contributed by atoms with Gasteiger partial charge in [0.15, 0.2) is 0 Å². The quantitative estimate of drug-likeness (QED) is 0.787. The van der Waals surface area contributed by atoms with Crippen molar-refractivity contribution in [3.05, 3.63) is 0 Å². The summed E-state index contributed by atoms with van der Waals surface area (Å²) in [5.41, 5.74) is 0. The predicted molar refractivity (Wildman–Crippen MR) is 78.2 cm³/mol. The summed E-state index contributed by atoms with van der Waals surface area (Å²) in [7, 11) is 0. The van der Waals surface area contributed by atoms with E-state index in [1.165, 1.54) is 6.42 Å². The Bertz CT molecular complexity index is 340. The number of carbonyl (C=O) groups excluding carboxylic acids is 2. The maximum Gasteiger partial charge on any atom is 0.222 e. The van der Waals surface area contributed by atoms with Gasteiger partial charge in [0.05, 0.1) is 0 Å². The molecule has 20 heavy (non-hydrogen) atoms. The third kappa shape index (κ3) is 4.47. The molecule has 2 heterocycles. The highest BCUT2D eigenvalue weighted by molar-refractivity contribution is 5.77. The van der Waals surface area contributed by atoms with Crippen molar-refractivity contribution >= 4 is 11.8 Å². The summed E-state index contributed by atoms with van der Waals surface area (Å²) < 4.78 is 0. The summed E-state index contributed by atoms with van der Waals surface area (Å²) >= 11 is 0. The molecule has 0 spiro atoms. The first kappa shape index (κ1) is 15.3. The van der Waals surface area contributed by atoms with E-state index in [4.69, 9.17) is 0 Å². The fraction of sp³-hybridized carbons (Fsp3) is 0.867. The zero-order chi connectivity index (χ0) is 14.4. The number of hydrogen-bond acceptors (Lipinski definition) is 3. The molecule has 5 nitrogen and oxygen atoms in total. The van der Waals surface area contributed by atoms with Crippen molar-refractivity contribution in [2.45, 2.75) is 51.5 Å². The first-order valence-electron chi connectivity index (χ1n) is 7.97. The van der Waals surface area contributed by atoms with Gasteiger partial charge in [-0.05, 0) is 44.7 Å². The summed E-state index contributed by atoms with van der Waals surface area (Å²) in [6.45, 7) is 5.54. The van der Waals surface area contributed by atoms with Crippen LogP contribution >= 0.6 is 0 Å². The van der Waals surface area contributed by atoms with Crippen molar-refractivity contribution in [3.8, 4) is 0 Å². The van der Waals surface area contributed by atoms with Crippen molar-refractivity contribution in [1.29, 1.82) is 0 Å². The largest absolute Gasteiger partial charge is 0.352 e. The van der Waals surface area contributed by atoms with Gasteiger partial charge in [-0.25, -0.2) is 0 Å². The van der Waals surface area contributed by atoms with Crippen LogP contribution in [0.4, 0.5) is 0 Å². The van der Waals surface area contributed by atoms with E-state index in [9.17, 15) is 9.59 Å². The molecule has 2 N–H and O–H groups in total. The molecule has 2 atom stereocenters. The fourth-order valence-electron chi connectivity index (χ4n) is 3.10. The summed E-state index contributed by atoms with van der Waals surface area (Å²) in [5.74, 6) is 1.01. The molecule has 0 bridgehead atoms. The van der Waals surface area contributed by atoms with Crippen LogP contribution in [0.3, 0.4) is 0 Å². The Hall–Kier alpha value is -1.10. The second-order valence-corrected chi connectivity index (χ2v) is 6.00. The molecule has 2 aliphatic heterocycles. The first-order chi connectivity index (χ1) is 9.69. The molecule has 0 radical (unpaired) electrons. The van der Waals surface area contributed by atoms with Gasteiger partial charge in [0.2, 0.25) is 11.8 Å². The van der Waals surface area contributed by atoms with Crippen LogP contribution < -0.4 is 10.6 Å². The molecule has 5 heteroatoms. The third-order valence-electron chi connectivity index (χ3n) is 4.39. The lowest BCUT2D eigenvalue weighted by Crippen LogP contribution is -2.49. The lowest BCUT2D eigenvalue weighted by atomic mass is 10.0. The SMILES string of the molecule is CCC(=O)NC1CCCN(C(=O)CCC2CCNC2)C1. The second-order valence-electron chi connectivity index (χ2n) is 6.00. The van der Waals surface area contributed by atoms with Gasteiger partial charge in [-0.3, -0.25) is 9.59 Å². The second kappa shape index (κ2) is 7.62. The van der Waals surface area contributed by atoms with Crippen LogP contribution in [0.1, 0.15) is 45.4 Å². The van der Waals surface area contributed by atoms with Crippen molar-refractivity contribution in [3.63, 3.8) is 0 Å². The van der Waals surface area contributed by atoms with E-state index in [1.54, 1.807) is 0 Å². The first-order valence-corrected chi connectivity index (χ1v) is 7.97. The van der Waals surface area contributed by atoms with Crippen LogP contribution in [0.25, 0.3) is 0 Å². The summed E-state index contributed by atoms with van der Waals surface area (Å²) in [6.07, 6.45) is 5.34. The zero-order valence-corrected chi connectivity index (χ0v) is 12.5. The molecule has 2 saturated heterocycles. The van der Waals surface area contributed by atoms with E-state index in [-0.39, 0.29) is 17.9 Å². The molecule has 114 valence electrons. The van der Waals surface area contributed by atoms with Crippen molar-refractivity contribution in [2.75, 3.05) is 26.2 Å². The Labute approximate surface area is 121 Å². The number of rotatable bonds is 5. The maximum atomic E-state index is 12.2. The van der Waals surface area contributed by atoms with Gasteiger partial charge >= 0.3 is 0 Å². The van der Waals surface area contributed by atoms with E-state index in [1.807, 2.05) is 11.8 Å². The Morgan fingerprint density at radius 1 is 1.35 bits per heavy atom. The number of nitrogens with zero attached hydrogens (tertiary/aromatic N) is 1. The van der Waals surface area contributed by atoms with Gasteiger partial charge in [-0.15, -0.1) is 0 Å². The van der Waals surface area contributed by atoms with Crippen molar-refractivity contribution < 1.29 is 9.59 Å². The summed E-state index contributed by atoms with van der Waals surface area (Å²) in [4.78, 5) is 25.6. The lowest BCUT2D eigenvalue weighted by Gasteiger charge is -2.33. The van der Waals surface area contributed by atoms with Crippen LogP contribution in [0, 0.1) is 5.92 Å². The topological polar surface area (TPSA) is 61.4 Å². The van der Waals surface area contributed by atoms with Gasteiger partial charge in [-0.2, -0.15) is 0 Å². The van der Waals surface area contributed by atoms with E-state index in [0.29, 0.717) is 25.3 Å². The number of amides is 2. The van der Waals surface area contributed by atoms with Gasteiger partial charge in [0, 0.05) is 32.0 Å². The van der Waals surface area contributed by atoms with Gasteiger partial charge in [-0.1, -0.05) is 6.92 Å². The molecule has 2 fully saturated rings. The predicted octanol–water partition coefficient (Wildman–Crippen LogP) is 0.893. The molecule has 0 aromatic heterocycles. The highest BCUT2D eigenvalue weighted by atomic mass is 16.2. The molecule has 2 amide bonds. The van der Waals surface area contributed by atoms with Crippen LogP contribution in [0.2, 0.25) is 0 Å². The molecule has 2 unspecified atom stereocenters. The van der Waals surface area contributed by atoms with Crippen LogP contribution in [0.5, 0.6) is 0 Å². The van der Waals surface area contributed by atoms with Crippen molar-refractivity contribution in [2.24, 2.45) is 5.92 Å². The summed E-state index contributed by atoms with van der Waals surface area (Å²) in [6, 6.07) is 0.147. The molecule has 0 aromatic carbocycles. The monoisotopic (exact) mass is 281 g/mol. The van der Waals surface area contributed by atoms with Gasteiger partial charge in [0.1, 0.15) is 0 Å². The average molecular weight is 281 g/mol. The Morgan fingerprint density at radius 3 is 2.90 bits per heavy atom. The highest BCUT2D eigenvalue weighted by Crippen LogP contribution is 2.17. The van der Waals surface area contributed by atoms with E-state index >= 15 is 0 Å². The van der Waals surface area contributed by atoms with E-state index in [0.717, 1.165) is 38.9 Å². The minimum Gasteiger partial charge on any atom is -0.352 e. The van der Waals surface area contributed by atoms with Crippen LogP contribution in [-0.4, -0.2) is 48.9 Å². The van der Waals surface area contributed by atoms with Gasteiger partial charge < -0.3 is 15.5 Å². The van der Waals surface area contributed by atoms with E-state index < -0.39 is 0 Å². The Balaban J connectivity index is 1.72. The number of hydrogen-bond donors (Lipinski definition) is 2. The third-order valence-corrected chi connectivity index (χ3v) is 4.39. The Morgan fingerprint density at radius 2 is 2.20 bits per heavy atom. The summed E-state index contributed by atoms with van der Waals surface area (Å²) in [5, 5.41) is 6.35. The molecule has 2 aliphatic rings. The molecule has 0 aliphatic carbocycles. The standard InChI is InChI=1S/C15H27N3O2/c1-2-14(19)17-13-4-3-9-18(11-13)15(20)6-5-12-7-8-16-10-12/h12-13,16H,2-11H2,1H3,(H,17,19). The minimum absolute atomic E-state index is 0.0846. The Kier molecular flexibility index (Phi) is 5.83. The van der Waals surface area contributed by atoms with E-state index in [2.05, 4.69) is 10.6 Å². The molecular weight excluding hydrogens is 254 g/mol. The number of nitrogens with one attached hydrogen (secondary N) is 2. The number of piperidine rings is 1. The number of likely N-dealkylation sites (tertiary alicyclic amines) is 1. The zero-order valence-electron chi connectivity index (χ0n) is 12.5. The van der Waals surface area contributed by atoms with Crippen molar-refractivity contribution in [1.82, 2.24) is 15.5 Å². The lowest BCUT2D eigenvalue weighted by molar-refractivity contribution is -0.133. The van der Waals surface area contributed by atoms with Gasteiger partial charge in [0.25, 0.3) is 0 Å². The normalized spacial score (nSPS) is 26.6. The highest BCUT2D eigenvalue weighted by Gasteiger charge is 2.25. The molecular formula is C15H27N3O2. The molecule has 0 saturated carbocycles. The number of carbonyl (C=O) groups is 2. The fourth-order valence-corrected chi connectivity index (χ4v) is 3.10. The molecule has 0 aromatic rings. The minimum atomic E-state index is 0.0846. The smallest absolute Gasteiger partial charge is 0.222 e. The molecule has 2 rings (SSSR count). The maximum absolute atomic E-state index is 12.2. The van der Waals surface area contributed by atoms with Crippen LogP contribution in [-0.2, 0) is 9.59 Å². The average Bonchev–Trinajstić information content (AvgIpc) is 2.98.